The van der Waals surface area contributed by atoms with Crippen molar-refractivity contribution >= 4 is 16.8 Å². The molecule has 0 bridgehead atoms. The lowest BCUT2D eigenvalue weighted by molar-refractivity contribution is -0.129. The molecule has 4 heteroatoms. The molecule has 0 unspecified atom stereocenters. The number of carbonyl (C=O) groups is 1. The first-order chi connectivity index (χ1) is 17.7. The third-order valence-corrected chi connectivity index (χ3v) is 9.09. The largest absolute Gasteiger partial charge is 0.347 e. The van der Waals surface area contributed by atoms with Crippen molar-refractivity contribution in [3.05, 3.63) is 78.0 Å². The average Bonchev–Trinajstić information content (AvgIpc) is 2.96. The van der Waals surface area contributed by atoms with E-state index in [0.717, 1.165) is 55.1 Å². The molecule has 2 heterocycles. The fourth-order valence-electron chi connectivity index (χ4n) is 6.93. The van der Waals surface area contributed by atoms with E-state index in [1.54, 1.807) is 0 Å². The molecule has 0 spiro atoms. The normalized spacial score (nSPS) is 24.8. The highest BCUT2D eigenvalue weighted by Gasteiger charge is 2.43. The first kappa shape index (κ1) is 25.0. The topological polar surface area (TPSA) is 54.0 Å². The van der Waals surface area contributed by atoms with Gasteiger partial charge < -0.3 is 10.6 Å². The van der Waals surface area contributed by atoms with Gasteiger partial charge in [0.1, 0.15) is 0 Å². The maximum Gasteiger partial charge on any atom is 0.231 e. The Kier molecular flexibility index (Phi) is 7.71. The summed E-state index contributed by atoms with van der Waals surface area (Å²) < 4.78 is 0. The van der Waals surface area contributed by atoms with Crippen LogP contribution in [0.3, 0.4) is 0 Å². The van der Waals surface area contributed by atoms with Crippen LogP contribution in [0, 0.1) is 11.8 Å². The van der Waals surface area contributed by atoms with Crippen molar-refractivity contribution in [2.24, 2.45) is 11.8 Å². The summed E-state index contributed by atoms with van der Waals surface area (Å²) in [6, 6.07) is 21.1. The third kappa shape index (κ3) is 4.80. The summed E-state index contributed by atoms with van der Waals surface area (Å²) in [6.45, 7) is 5.63. The van der Waals surface area contributed by atoms with Gasteiger partial charge in [0, 0.05) is 17.6 Å². The smallest absolute Gasteiger partial charge is 0.231 e. The fourth-order valence-corrected chi connectivity index (χ4v) is 6.93. The summed E-state index contributed by atoms with van der Waals surface area (Å²) in [7, 11) is 0. The number of pyridine rings is 1. The van der Waals surface area contributed by atoms with Crippen molar-refractivity contribution in [1.82, 2.24) is 15.6 Å². The lowest BCUT2D eigenvalue weighted by Crippen LogP contribution is -2.54. The van der Waals surface area contributed by atoms with Crippen LogP contribution in [0.2, 0.25) is 0 Å². The molecule has 4 atom stereocenters. The van der Waals surface area contributed by atoms with Gasteiger partial charge in [-0.05, 0) is 60.9 Å². The van der Waals surface area contributed by atoms with Crippen LogP contribution in [0.25, 0.3) is 10.9 Å². The number of carbonyl (C=O) groups excluding carboxylic acids is 1. The van der Waals surface area contributed by atoms with Crippen LogP contribution in [0.4, 0.5) is 0 Å². The molecule has 2 fully saturated rings. The number of piperidine rings is 1. The zero-order valence-corrected chi connectivity index (χ0v) is 21.9. The lowest BCUT2D eigenvalue weighted by Gasteiger charge is -2.43. The Morgan fingerprint density at radius 2 is 1.69 bits per heavy atom. The van der Waals surface area contributed by atoms with Crippen molar-refractivity contribution in [2.75, 3.05) is 6.54 Å². The van der Waals surface area contributed by atoms with Crippen LogP contribution in [0.5, 0.6) is 0 Å². The number of nitrogens with one attached hydrogen (secondary N) is 2. The molecule has 2 aromatic carbocycles. The first-order valence-corrected chi connectivity index (χ1v) is 14.1. The predicted molar refractivity (Wildman–Crippen MR) is 148 cm³/mol. The number of para-hydroxylation sites is 1. The van der Waals surface area contributed by atoms with Gasteiger partial charge in [0.25, 0.3) is 0 Å². The Bertz CT molecular complexity index is 1150. The van der Waals surface area contributed by atoms with E-state index in [1.165, 1.54) is 24.8 Å². The zero-order valence-electron chi connectivity index (χ0n) is 21.9. The summed E-state index contributed by atoms with van der Waals surface area (Å²) in [5, 5.41) is 8.66. The van der Waals surface area contributed by atoms with Crippen LogP contribution in [0.1, 0.15) is 82.4 Å². The van der Waals surface area contributed by atoms with E-state index in [-0.39, 0.29) is 18.0 Å². The van der Waals surface area contributed by atoms with E-state index >= 15 is 0 Å². The van der Waals surface area contributed by atoms with Crippen LogP contribution in [-0.2, 0) is 10.2 Å². The number of fused-ring (bicyclic) bond motifs is 1. The Hall–Kier alpha value is -2.72. The van der Waals surface area contributed by atoms with Crippen molar-refractivity contribution < 1.29 is 4.79 Å². The Morgan fingerprint density at radius 1 is 0.972 bits per heavy atom. The van der Waals surface area contributed by atoms with Crippen molar-refractivity contribution in [3.63, 3.8) is 0 Å². The summed E-state index contributed by atoms with van der Waals surface area (Å²) in [5.41, 5.74) is 2.87. The molecule has 36 heavy (non-hydrogen) atoms. The second-order valence-electron chi connectivity index (χ2n) is 11.0. The van der Waals surface area contributed by atoms with E-state index in [0.29, 0.717) is 11.8 Å². The fraction of sp³-hybridized carbons (Fsp3) is 0.500. The van der Waals surface area contributed by atoms with E-state index in [1.807, 2.05) is 18.3 Å². The van der Waals surface area contributed by atoms with Crippen LogP contribution >= 0.6 is 0 Å². The molecule has 1 aromatic heterocycles. The average molecular weight is 484 g/mol. The molecule has 3 aromatic rings. The van der Waals surface area contributed by atoms with Gasteiger partial charge in [0.05, 0.1) is 17.0 Å². The second-order valence-corrected chi connectivity index (χ2v) is 11.0. The summed E-state index contributed by atoms with van der Waals surface area (Å²) in [4.78, 5) is 19.0. The van der Waals surface area contributed by atoms with Crippen molar-refractivity contribution in [2.45, 2.75) is 82.7 Å². The molecular weight excluding hydrogens is 442 g/mol. The van der Waals surface area contributed by atoms with Gasteiger partial charge >= 0.3 is 0 Å². The van der Waals surface area contributed by atoms with E-state index < -0.39 is 5.41 Å². The molecule has 5 rings (SSSR count). The van der Waals surface area contributed by atoms with Gasteiger partial charge in [-0.1, -0.05) is 94.5 Å². The molecule has 1 amide bonds. The minimum Gasteiger partial charge on any atom is -0.347 e. The highest BCUT2D eigenvalue weighted by Crippen LogP contribution is 2.41. The number of amides is 1. The van der Waals surface area contributed by atoms with Gasteiger partial charge in [0.2, 0.25) is 5.91 Å². The van der Waals surface area contributed by atoms with Gasteiger partial charge in [-0.25, -0.2) is 0 Å². The van der Waals surface area contributed by atoms with Crippen molar-refractivity contribution in [1.29, 1.82) is 0 Å². The van der Waals surface area contributed by atoms with Crippen LogP contribution in [-0.4, -0.2) is 23.5 Å². The quantitative estimate of drug-likeness (QED) is 0.393. The monoisotopic (exact) mass is 483 g/mol. The standard InChI is InChI=1S/C32H41N3O/c1-3-23-21-29(34-22-24(23)4-2)30(27-17-20-33-28-16-10-9-15-26(27)28)35-31(36)32(18-11-6-12-19-32)25-13-7-5-8-14-25/h5,7-10,13-17,20,23-24,29-30,34H,3-4,6,11-12,18-19,21-22H2,1-2H3,(H,35,36)/t23-,24-,29+,30+/m0/s1. The predicted octanol–water partition coefficient (Wildman–Crippen LogP) is 6.71. The minimum atomic E-state index is -0.453. The van der Waals surface area contributed by atoms with Gasteiger partial charge in [-0.15, -0.1) is 0 Å². The third-order valence-electron chi connectivity index (χ3n) is 9.09. The number of nitrogens with zero attached hydrogens (tertiary/aromatic N) is 1. The van der Waals surface area contributed by atoms with E-state index in [4.69, 9.17) is 0 Å². The van der Waals surface area contributed by atoms with Gasteiger partial charge in [-0.2, -0.15) is 0 Å². The maximum atomic E-state index is 14.4. The first-order valence-electron chi connectivity index (χ1n) is 14.1. The number of hydrogen-bond acceptors (Lipinski definition) is 3. The SMILES string of the molecule is CC[C@H]1CN[C@@H]([C@H](NC(=O)C2(c3ccccc3)CCCCC2)c2ccnc3ccccc23)C[C@@H]1CC. The number of aromatic nitrogens is 1. The number of rotatable bonds is 7. The van der Waals surface area contributed by atoms with E-state index in [2.05, 4.69) is 78.0 Å². The minimum absolute atomic E-state index is 0.0974. The number of hydrogen-bond donors (Lipinski definition) is 2. The molecule has 4 nitrogen and oxygen atoms in total. The molecular formula is C32H41N3O. The van der Waals surface area contributed by atoms with Gasteiger partial charge in [0.15, 0.2) is 0 Å². The summed E-state index contributed by atoms with van der Waals surface area (Å²) in [5.74, 6) is 1.56. The highest BCUT2D eigenvalue weighted by molar-refractivity contribution is 5.90. The highest BCUT2D eigenvalue weighted by atomic mass is 16.2. The Balaban J connectivity index is 1.54. The van der Waals surface area contributed by atoms with E-state index in [9.17, 15) is 4.79 Å². The zero-order chi connectivity index (χ0) is 25.0. The van der Waals surface area contributed by atoms with Crippen LogP contribution < -0.4 is 10.6 Å². The molecule has 0 radical (unpaired) electrons. The molecule has 1 saturated heterocycles. The molecule has 1 aliphatic heterocycles. The maximum absolute atomic E-state index is 14.4. The van der Waals surface area contributed by atoms with Crippen LogP contribution in [0.15, 0.2) is 66.9 Å². The molecule has 1 aliphatic carbocycles. The second kappa shape index (κ2) is 11.1. The summed E-state index contributed by atoms with van der Waals surface area (Å²) >= 11 is 0. The molecule has 2 aliphatic rings. The van der Waals surface area contributed by atoms with Crippen molar-refractivity contribution in [3.8, 4) is 0 Å². The Labute approximate surface area is 216 Å². The lowest BCUT2D eigenvalue weighted by atomic mass is 9.68. The van der Waals surface area contributed by atoms with Gasteiger partial charge in [-0.3, -0.25) is 9.78 Å². The molecule has 190 valence electrons. The summed E-state index contributed by atoms with van der Waals surface area (Å²) in [6.07, 6.45) is 10.6. The number of benzene rings is 2. The Morgan fingerprint density at radius 3 is 2.44 bits per heavy atom. The molecule has 2 N–H and O–H groups in total. The molecule has 1 saturated carbocycles.